The van der Waals surface area contributed by atoms with E-state index in [2.05, 4.69) is 24.3 Å². The highest BCUT2D eigenvalue weighted by Gasteiger charge is 2.16. The summed E-state index contributed by atoms with van der Waals surface area (Å²) >= 11 is 0. The van der Waals surface area contributed by atoms with Crippen molar-refractivity contribution in [2.75, 3.05) is 12.4 Å². The lowest BCUT2D eigenvalue weighted by Crippen LogP contribution is -2.15. The van der Waals surface area contributed by atoms with Gasteiger partial charge in [-0.05, 0) is 36.6 Å². The minimum Gasteiger partial charge on any atom is -0.478 e. The summed E-state index contributed by atoms with van der Waals surface area (Å²) < 4.78 is 6.84. The molecule has 2 N–H and O–H groups in total. The van der Waals surface area contributed by atoms with E-state index in [1.165, 1.54) is 25.4 Å². The molecule has 2 rings (SSSR count). The maximum atomic E-state index is 12.5. The molecule has 0 aliphatic rings. The van der Waals surface area contributed by atoms with Gasteiger partial charge in [0.25, 0.3) is 5.91 Å². The summed E-state index contributed by atoms with van der Waals surface area (Å²) in [7, 11) is 1.53. The Morgan fingerprint density at radius 1 is 1.32 bits per heavy atom. The molecule has 1 heterocycles. The van der Waals surface area contributed by atoms with Gasteiger partial charge in [-0.25, -0.2) is 4.79 Å². The second-order valence-electron chi connectivity index (χ2n) is 6.33. The lowest BCUT2D eigenvalue weighted by molar-refractivity contribution is 0.0696. The van der Waals surface area contributed by atoms with E-state index in [0.717, 1.165) is 12.2 Å². The van der Waals surface area contributed by atoms with Crippen LogP contribution in [0.5, 0.6) is 0 Å². The van der Waals surface area contributed by atoms with Crippen LogP contribution in [0, 0.1) is 12.8 Å². The van der Waals surface area contributed by atoms with Crippen molar-refractivity contribution in [3.8, 4) is 0 Å². The number of amides is 1. The number of hydrogen-bond acceptors (Lipinski definition) is 4. The monoisotopic (exact) mass is 345 g/mol. The average molecular weight is 345 g/mol. The van der Waals surface area contributed by atoms with E-state index in [4.69, 9.17) is 4.74 Å². The van der Waals surface area contributed by atoms with Crippen LogP contribution in [0.1, 0.15) is 45.8 Å². The molecule has 0 saturated carbocycles. The van der Waals surface area contributed by atoms with E-state index < -0.39 is 5.97 Å². The molecule has 0 aliphatic carbocycles. The molecule has 25 heavy (non-hydrogen) atoms. The maximum absolute atomic E-state index is 12.5. The second kappa shape index (κ2) is 7.94. The first kappa shape index (κ1) is 18.7. The molecule has 0 aliphatic heterocycles. The lowest BCUT2D eigenvalue weighted by Gasteiger charge is -2.10. The molecule has 7 heteroatoms. The fourth-order valence-corrected chi connectivity index (χ4v) is 2.54. The molecular formula is C18H23N3O4. The van der Waals surface area contributed by atoms with Crippen molar-refractivity contribution >= 4 is 17.6 Å². The summed E-state index contributed by atoms with van der Waals surface area (Å²) in [6, 6.07) is 4.64. The predicted octanol–water partition coefficient (Wildman–Crippen LogP) is 2.94. The third kappa shape index (κ3) is 4.67. The van der Waals surface area contributed by atoms with Gasteiger partial charge < -0.3 is 15.2 Å². The minimum atomic E-state index is -1.06. The number of carboxylic acids is 1. The minimum absolute atomic E-state index is 0.0945. The molecule has 2 aromatic rings. The van der Waals surface area contributed by atoms with Gasteiger partial charge in [-0.3, -0.25) is 9.48 Å². The largest absolute Gasteiger partial charge is 0.478 e. The van der Waals surface area contributed by atoms with Gasteiger partial charge in [0.15, 0.2) is 0 Å². The standard InChI is InChI=1S/C18H23N3O4/c1-11(2)9-21-12(3)16(8-19-21)17(22)20-15-6-13(10-25-4)5-14(7-15)18(23)24/h5-8,11H,9-10H2,1-4H3,(H,20,22)(H,23,24). The molecule has 0 spiro atoms. The smallest absolute Gasteiger partial charge is 0.335 e. The van der Waals surface area contributed by atoms with Crippen molar-refractivity contribution in [1.82, 2.24) is 9.78 Å². The molecule has 7 nitrogen and oxygen atoms in total. The summed E-state index contributed by atoms with van der Waals surface area (Å²) in [5.41, 5.74) is 2.42. The van der Waals surface area contributed by atoms with Crippen LogP contribution < -0.4 is 5.32 Å². The summed E-state index contributed by atoms with van der Waals surface area (Å²) in [5.74, 6) is -0.967. The molecule has 0 unspecified atom stereocenters. The fraction of sp³-hybridized carbons (Fsp3) is 0.389. The Balaban J connectivity index is 2.25. The highest BCUT2D eigenvalue weighted by molar-refractivity contribution is 6.05. The van der Waals surface area contributed by atoms with Gasteiger partial charge in [0.2, 0.25) is 0 Å². The number of carbonyl (C=O) groups is 2. The van der Waals surface area contributed by atoms with Gasteiger partial charge in [0.05, 0.1) is 23.9 Å². The first-order valence-corrected chi connectivity index (χ1v) is 8.01. The van der Waals surface area contributed by atoms with Crippen molar-refractivity contribution in [1.29, 1.82) is 0 Å². The number of hydrogen-bond donors (Lipinski definition) is 2. The zero-order valence-corrected chi connectivity index (χ0v) is 14.9. The van der Waals surface area contributed by atoms with E-state index in [1.54, 1.807) is 10.7 Å². The molecule has 0 radical (unpaired) electrons. The van der Waals surface area contributed by atoms with Crippen LogP contribution in [0.3, 0.4) is 0 Å². The van der Waals surface area contributed by atoms with Gasteiger partial charge in [-0.15, -0.1) is 0 Å². The van der Waals surface area contributed by atoms with Crippen LogP contribution in [0.4, 0.5) is 5.69 Å². The zero-order chi connectivity index (χ0) is 18.6. The Morgan fingerprint density at radius 3 is 2.64 bits per heavy atom. The third-order valence-electron chi connectivity index (χ3n) is 3.69. The third-order valence-corrected chi connectivity index (χ3v) is 3.69. The van der Waals surface area contributed by atoms with Gasteiger partial charge in [0, 0.05) is 25.0 Å². The Morgan fingerprint density at radius 2 is 2.04 bits per heavy atom. The Bertz CT molecular complexity index is 781. The number of carboxylic acid groups (broad SMARTS) is 1. The first-order valence-electron chi connectivity index (χ1n) is 8.01. The lowest BCUT2D eigenvalue weighted by atomic mass is 10.1. The van der Waals surface area contributed by atoms with E-state index >= 15 is 0 Å². The average Bonchev–Trinajstić information content (AvgIpc) is 2.87. The Hall–Kier alpha value is -2.67. The van der Waals surface area contributed by atoms with Crippen molar-refractivity contribution < 1.29 is 19.4 Å². The SMILES string of the molecule is COCc1cc(NC(=O)c2cnn(CC(C)C)c2C)cc(C(=O)O)c1. The summed E-state index contributed by atoms with van der Waals surface area (Å²) in [5, 5.41) is 16.2. The van der Waals surface area contributed by atoms with Crippen molar-refractivity contribution in [2.24, 2.45) is 5.92 Å². The number of anilines is 1. The number of aromatic nitrogens is 2. The van der Waals surface area contributed by atoms with Gasteiger partial charge in [-0.1, -0.05) is 13.8 Å². The quantitative estimate of drug-likeness (QED) is 0.805. The van der Waals surface area contributed by atoms with Crippen LogP contribution >= 0.6 is 0 Å². The number of rotatable bonds is 7. The van der Waals surface area contributed by atoms with Crippen molar-refractivity contribution in [2.45, 2.75) is 33.9 Å². The summed E-state index contributed by atoms with van der Waals surface area (Å²) in [6.45, 7) is 6.99. The molecule has 0 atom stereocenters. The van der Waals surface area contributed by atoms with E-state index in [0.29, 0.717) is 22.7 Å². The van der Waals surface area contributed by atoms with Crippen LogP contribution in [0.2, 0.25) is 0 Å². The number of methoxy groups -OCH3 is 1. The molecule has 0 saturated heterocycles. The second-order valence-corrected chi connectivity index (χ2v) is 6.33. The number of nitrogens with zero attached hydrogens (tertiary/aromatic N) is 2. The fourth-order valence-electron chi connectivity index (χ4n) is 2.54. The van der Waals surface area contributed by atoms with E-state index in [1.807, 2.05) is 6.92 Å². The molecule has 134 valence electrons. The molecule has 0 fully saturated rings. The number of benzene rings is 1. The molecule has 1 aromatic heterocycles. The predicted molar refractivity (Wildman–Crippen MR) is 93.9 cm³/mol. The summed E-state index contributed by atoms with van der Waals surface area (Å²) in [4.78, 5) is 23.8. The Labute approximate surface area is 146 Å². The first-order chi connectivity index (χ1) is 11.8. The van der Waals surface area contributed by atoms with Crippen LogP contribution in [-0.2, 0) is 17.9 Å². The van der Waals surface area contributed by atoms with Gasteiger partial charge >= 0.3 is 5.97 Å². The molecule has 1 aromatic carbocycles. The maximum Gasteiger partial charge on any atom is 0.335 e. The van der Waals surface area contributed by atoms with E-state index in [9.17, 15) is 14.7 Å². The highest BCUT2D eigenvalue weighted by Crippen LogP contribution is 2.18. The normalized spacial score (nSPS) is 10.9. The number of aromatic carboxylic acids is 1. The highest BCUT2D eigenvalue weighted by atomic mass is 16.5. The van der Waals surface area contributed by atoms with Crippen LogP contribution in [0.15, 0.2) is 24.4 Å². The van der Waals surface area contributed by atoms with Crippen molar-refractivity contribution in [3.63, 3.8) is 0 Å². The Kier molecular flexibility index (Phi) is 5.93. The van der Waals surface area contributed by atoms with Gasteiger partial charge in [-0.2, -0.15) is 5.10 Å². The number of ether oxygens (including phenoxy) is 1. The van der Waals surface area contributed by atoms with Gasteiger partial charge in [0.1, 0.15) is 0 Å². The van der Waals surface area contributed by atoms with Crippen LogP contribution in [0.25, 0.3) is 0 Å². The molecular weight excluding hydrogens is 322 g/mol. The van der Waals surface area contributed by atoms with Crippen LogP contribution in [-0.4, -0.2) is 33.9 Å². The topological polar surface area (TPSA) is 93.5 Å². The molecule has 1 amide bonds. The summed E-state index contributed by atoms with van der Waals surface area (Å²) in [6.07, 6.45) is 1.53. The number of nitrogens with one attached hydrogen (secondary N) is 1. The molecule has 0 bridgehead atoms. The number of carbonyl (C=O) groups excluding carboxylic acids is 1. The zero-order valence-electron chi connectivity index (χ0n) is 14.9. The van der Waals surface area contributed by atoms with E-state index in [-0.39, 0.29) is 18.1 Å². The van der Waals surface area contributed by atoms with Crippen molar-refractivity contribution in [3.05, 3.63) is 46.8 Å².